The number of benzene rings is 1. The summed E-state index contributed by atoms with van der Waals surface area (Å²) < 4.78 is 19.0. The number of aromatic nitrogens is 4. The first-order valence-corrected chi connectivity index (χ1v) is 12.1. The van der Waals surface area contributed by atoms with Gasteiger partial charge in [0.05, 0.1) is 5.69 Å². The van der Waals surface area contributed by atoms with E-state index in [1.165, 1.54) is 23.5 Å². The molecule has 176 valence electrons. The van der Waals surface area contributed by atoms with Crippen LogP contribution in [0.2, 0.25) is 0 Å². The first-order chi connectivity index (χ1) is 16.1. The fraction of sp³-hybridized carbons (Fsp3) is 0.478. The van der Waals surface area contributed by atoms with Crippen LogP contribution in [0.5, 0.6) is 0 Å². The molecule has 1 saturated carbocycles. The first-order valence-electron chi connectivity index (χ1n) is 11.3. The molecule has 10 heteroatoms. The highest BCUT2D eigenvalue weighted by Crippen LogP contribution is 2.33. The number of rotatable bonds is 9. The number of nitrogens with zero attached hydrogens (tertiary/aromatic N) is 4. The summed E-state index contributed by atoms with van der Waals surface area (Å²) in [5.74, 6) is 0.104. The van der Waals surface area contributed by atoms with Crippen LogP contribution in [0.25, 0.3) is 0 Å². The van der Waals surface area contributed by atoms with Crippen molar-refractivity contribution < 1.29 is 14.2 Å². The second kappa shape index (κ2) is 11.4. The quantitative estimate of drug-likeness (QED) is 0.309. The Bertz CT molecular complexity index is 990. The normalized spacial score (nSPS) is 20.6. The molecule has 0 radical (unpaired) electrons. The van der Waals surface area contributed by atoms with E-state index < -0.39 is 12.3 Å². The average molecular weight is 473 g/mol. The van der Waals surface area contributed by atoms with Gasteiger partial charge in [0.15, 0.2) is 6.23 Å². The molecule has 2 heterocycles. The summed E-state index contributed by atoms with van der Waals surface area (Å²) in [4.78, 5) is 0. The van der Waals surface area contributed by atoms with Gasteiger partial charge in [-0.2, -0.15) is 10.2 Å². The highest BCUT2D eigenvalue weighted by molar-refractivity contribution is 7.19. The van der Waals surface area contributed by atoms with Crippen molar-refractivity contribution >= 4 is 21.6 Å². The maximum absolute atomic E-state index is 13.3. The molecular formula is C23H29FN6O2S. The Morgan fingerprint density at radius 1 is 1.09 bits per heavy atom. The topological polar surface area (TPSA) is 105 Å². The van der Waals surface area contributed by atoms with Crippen molar-refractivity contribution in [2.24, 2.45) is 0 Å². The molecule has 1 aliphatic rings. The van der Waals surface area contributed by atoms with Crippen LogP contribution >= 0.6 is 11.3 Å². The van der Waals surface area contributed by atoms with Crippen molar-refractivity contribution in [3.63, 3.8) is 0 Å². The molecule has 3 N–H and O–H groups in total. The molecule has 0 saturated heterocycles. The van der Waals surface area contributed by atoms with Crippen molar-refractivity contribution in [1.29, 1.82) is 0 Å². The van der Waals surface area contributed by atoms with Crippen molar-refractivity contribution in [2.75, 3.05) is 17.2 Å². The Balaban J connectivity index is 1.33. The number of halogens is 1. The Morgan fingerprint density at radius 2 is 1.91 bits per heavy atom. The number of aliphatic hydroxyl groups excluding tert-OH is 1. The lowest BCUT2D eigenvalue weighted by molar-refractivity contribution is -0.0218. The molecule has 0 amide bonds. The summed E-state index contributed by atoms with van der Waals surface area (Å²) in [6, 6.07) is 10.2. The molecular weight excluding hydrogens is 443 g/mol. The molecule has 0 bridgehead atoms. The van der Waals surface area contributed by atoms with Gasteiger partial charge in [0.1, 0.15) is 11.9 Å². The van der Waals surface area contributed by atoms with Crippen LogP contribution in [-0.2, 0) is 4.74 Å². The highest BCUT2D eigenvalue weighted by atomic mass is 32.1. The van der Waals surface area contributed by atoms with Gasteiger partial charge < -0.3 is 20.5 Å². The zero-order valence-electron chi connectivity index (χ0n) is 18.5. The van der Waals surface area contributed by atoms with E-state index in [-0.39, 0.29) is 5.82 Å². The van der Waals surface area contributed by atoms with E-state index in [1.807, 2.05) is 13.0 Å². The Morgan fingerprint density at radius 3 is 2.67 bits per heavy atom. The minimum absolute atomic E-state index is 0.313. The van der Waals surface area contributed by atoms with Gasteiger partial charge in [-0.05, 0) is 62.4 Å². The van der Waals surface area contributed by atoms with Crippen LogP contribution in [-0.4, -0.2) is 44.4 Å². The van der Waals surface area contributed by atoms with Crippen LogP contribution in [0.3, 0.4) is 0 Å². The molecule has 0 spiro atoms. The average Bonchev–Trinajstić information content (AvgIpc) is 3.13. The molecule has 8 nitrogen and oxygen atoms in total. The van der Waals surface area contributed by atoms with E-state index in [4.69, 9.17) is 4.74 Å². The van der Waals surface area contributed by atoms with E-state index in [0.717, 1.165) is 37.8 Å². The van der Waals surface area contributed by atoms with Gasteiger partial charge in [-0.3, -0.25) is 0 Å². The molecule has 1 fully saturated rings. The van der Waals surface area contributed by atoms with Crippen LogP contribution in [0.15, 0.2) is 42.6 Å². The van der Waals surface area contributed by atoms with E-state index in [1.54, 1.807) is 18.3 Å². The third kappa shape index (κ3) is 6.43. The predicted molar refractivity (Wildman–Crippen MR) is 126 cm³/mol. The van der Waals surface area contributed by atoms with Gasteiger partial charge in [-0.25, -0.2) is 4.39 Å². The lowest BCUT2D eigenvalue weighted by Gasteiger charge is -2.23. The molecule has 3 aromatic rings. The van der Waals surface area contributed by atoms with Gasteiger partial charge in [-0.1, -0.05) is 29.9 Å². The van der Waals surface area contributed by atoms with E-state index in [0.29, 0.717) is 34.4 Å². The monoisotopic (exact) mass is 472 g/mol. The van der Waals surface area contributed by atoms with Crippen molar-refractivity contribution in [2.45, 2.75) is 63.3 Å². The minimum atomic E-state index is -1.05. The number of hydrogen-bond donors (Lipinski definition) is 3. The van der Waals surface area contributed by atoms with Crippen LogP contribution in [0.1, 0.15) is 62.3 Å². The summed E-state index contributed by atoms with van der Waals surface area (Å²) in [6.45, 7) is 2.25. The SMILES string of the molecule is CCO[C@H](c1ccc(F)cc1)C(O)Nc1nnc(N[C@H]2CCCC(c3cccnn3)CC2)s1. The predicted octanol–water partition coefficient (Wildman–Crippen LogP) is 4.50. The molecule has 4 atom stereocenters. The number of nitrogens with one attached hydrogen (secondary N) is 2. The molecule has 33 heavy (non-hydrogen) atoms. The Kier molecular flexibility index (Phi) is 8.14. The lowest BCUT2D eigenvalue weighted by Crippen LogP contribution is -2.29. The maximum Gasteiger partial charge on any atom is 0.209 e. The standard InChI is InChI=1S/C23H29FN6O2S/c1-2-32-20(16-8-11-17(24)12-9-16)21(31)27-23-30-29-22(33-23)26-18-6-3-5-15(10-13-18)19-7-4-14-25-28-19/h4,7-9,11-12,14-15,18,20-21,31H,2-3,5-6,10,13H2,1H3,(H,26,29)(H,27,30)/t15?,18-,20+,21?/m0/s1. The Hall–Kier alpha value is -2.69. The second-order valence-corrected chi connectivity index (χ2v) is 9.10. The summed E-state index contributed by atoms with van der Waals surface area (Å²) in [7, 11) is 0. The maximum atomic E-state index is 13.3. The van der Waals surface area contributed by atoms with Crippen LogP contribution in [0.4, 0.5) is 14.7 Å². The number of hydrogen-bond acceptors (Lipinski definition) is 9. The fourth-order valence-electron chi connectivity index (χ4n) is 4.19. The van der Waals surface area contributed by atoms with E-state index >= 15 is 0 Å². The molecule has 1 aliphatic carbocycles. The highest BCUT2D eigenvalue weighted by Gasteiger charge is 2.24. The minimum Gasteiger partial charge on any atom is -0.371 e. The molecule has 2 aromatic heterocycles. The van der Waals surface area contributed by atoms with Crippen LogP contribution < -0.4 is 10.6 Å². The molecule has 0 aliphatic heterocycles. The molecule has 1 aromatic carbocycles. The first kappa shape index (κ1) is 23.5. The van der Waals surface area contributed by atoms with E-state index in [2.05, 4.69) is 37.1 Å². The summed E-state index contributed by atoms with van der Waals surface area (Å²) in [5.41, 5.74) is 1.75. The summed E-state index contributed by atoms with van der Waals surface area (Å²) in [5, 5.41) is 35.0. The van der Waals surface area contributed by atoms with Gasteiger partial charge >= 0.3 is 0 Å². The second-order valence-electron chi connectivity index (χ2n) is 8.12. The lowest BCUT2D eigenvalue weighted by atomic mass is 9.96. The van der Waals surface area contributed by atoms with E-state index in [9.17, 15) is 9.50 Å². The zero-order chi connectivity index (χ0) is 23.0. The smallest absolute Gasteiger partial charge is 0.209 e. The van der Waals surface area contributed by atoms with Crippen molar-refractivity contribution in [3.8, 4) is 0 Å². The van der Waals surface area contributed by atoms with Crippen LogP contribution in [0, 0.1) is 5.82 Å². The van der Waals surface area contributed by atoms with Gasteiger partial charge in [0.2, 0.25) is 10.3 Å². The third-order valence-electron chi connectivity index (χ3n) is 5.84. The zero-order valence-corrected chi connectivity index (χ0v) is 19.3. The number of anilines is 2. The molecule has 2 unspecified atom stereocenters. The van der Waals surface area contributed by atoms with Gasteiger partial charge in [-0.15, -0.1) is 10.2 Å². The molecule has 4 rings (SSSR count). The fourth-order valence-corrected chi connectivity index (χ4v) is 4.94. The third-order valence-corrected chi connectivity index (χ3v) is 6.62. The summed E-state index contributed by atoms with van der Waals surface area (Å²) in [6.07, 6.45) is 5.33. The van der Waals surface area contributed by atoms with Gasteiger partial charge in [0, 0.05) is 24.8 Å². The number of aliphatic hydroxyl groups is 1. The summed E-state index contributed by atoms with van der Waals surface area (Å²) >= 11 is 1.35. The van der Waals surface area contributed by atoms with Crippen molar-refractivity contribution in [3.05, 3.63) is 59.7 Å². The van der Waals surface area contributed by atoms with Gasteiger partial charge in [0.25, 0.3) is 0 Å². The van der Waals surface area contributed by atoms with Crippen molar-refractivity contribution in [1.82, 2.24) is 20.4 Å². The Labute approximate surface area is 196 Å². The largest absolute Gasteiger partial charge is 0.371 e. The number of ether oxygens (including phenoxy) is 1.